The van der Waals surface area contributed by atoms with Gasteiger partial charge in [-0.15, -0.1) is 0 Å². The van der Waals surface area contributed by atoms with Gasteiger partial charge < -0.3 is 21.5 Å². The Morgan fingerprint density at radius 2 is 1.89 bits per heavy atom. The summed E-state index contributed by atoms with van der Waals surface area (Å²) in [5.41, 5.74) is 5.09. The number of thioether (sulfide) groups is 1. The third kappa shape index (κ3) is 6.15. The third-order valence-corrected chi connectivity index (χ3v) is 4.37. The molecule has 19 heavy (non-hydrogen) atoms. The van der Waals surface area contributed by atoms with Crippen LogP contribution in [-0.2, 0) is 4.79 Å². The van der Waals surface area contributed by atoms with Gasteiger partial charge in [0, 0.05) is 11.3 Å². The topological polar surface area (TPSA) is 104 Å². The van der Waals surface area contributed by atoms with E-state index in [0.29, 0.717) is 0 Å². The molecule has 112 valence electrons. The molecule has 0 saturated carbocycles. The second-order valence-corrected chi connectivity index (χ2v) is 5.70. The molecule has 5 N–H and O–H groups in total. The molecular formula is C12H25N3O3S. The maximum atomic E-state index is 12.2. The number of primary amides is 1. The van der Waals surface area contributed by atoms with E-state index in [9.17, 15) is 14.7 Å². The fourth-order valence-electron chi connectivity index (χ4n) is 1.70. The van der Waals surface area contributed by atoms with Crippen LogP contribution in [0.25, 0.3) is 0 Å². The Labute approximate surface area is 118 Å². The molecule has 0 fully saturated rings. The normalized spacial score (nSPS) is 17.1. The van der Waals surface area contributed by atoms with E-state index in [1.165, 1.54) is 11.8 Å². The highest BCUT2D eigenvalue weighted by molar-refractivity contribution is 7.99. The molecule has 6 nitrogen and oxygen atoms in total. The number of aliphatic hydroxyl groups is 1. The molecule has 0 heterocycles. The first-order chi connectivity index (χ1) is 8.87. The van der Waals surface area contributed by atoms with Crippen molar-refractivity contribution < 1.29 is 14.7 Å². The van der Waals surface area contributed by atoms with Gasteiger partial charge in [-0.25, -0.2) is 4.79 Å². The highest BCUT2D eigenvalue weighted by Crippen LogP contribution is 2.12. The van der Waals surface area contributed by atoms with Crippen LogP contribution in [0, 0.1) is 5.92 Å². The van der Waals surface area contributed by atoms with Crippen molar-refractivity contribution in [1.82, 2.24) is 10.6 Å². The highest BCUT2D eigenvalue weighted by atomic mass is 32.2. The summed E-state index contributed by atoms with van der Waals surface area (Å²) in [7, 11) is 0. The summed E-state index contributed by atoms with van der Waals surface area (Å²) in [4.78, 5) is 23.1. The van der Waals surface area contributed by atoms with Crippen LogP contribution in [0.4, 0.5) is 4.79 Å². The molecule has 4 atom stereocenters. The molecule has 0 aromatic heterocycles. The fraction of sp³-hybridized carbons (Fsp3) is 0.833. The molecule has 0 saturated heterocycles. The monoisotopic (exact) mass is 291 g/mol. The molecule has 0 spiro atoms. The van der Waals surface area contributed by atoms with Gasteiger partial charge >= 0.3 is 6.03 Å². The first kappa shape index (κ1) is 18.0. The van der Waals surface area contributed by atoms with Crippen LogP contribution in [0.5, 0.6) is 0 Å². The van der Waals surface area contributed by atoms with E-state index < -0.39 is 12.1 Å². The largest absolute Gasteiger partial charge is 0.395 e. The van der Waals surface area contributed by atoms with E-state index >= 15 is 0 Å². The molecule has 0 radical (unpaired) electrons. The third-order valence-electron chi connectivity index (χ3n) is 3.20. The van der Waals surface area contributed by atoms with E-state index in [4.69, 9.17) is 5.73 Å². The molecule has 3 amide bonds. The first-order valence-corrected chi connectivity index (χ1v) is 7.66. The van der Waals surface area contributed by atoms with Crippen LogP contribution in [0.15, 0.2) is 0 Å². The van der Waals surface area contributed by atoms with Gasteiger partial charge in [0.15, 0.2) is 0 Å². The van der Waals surface area contributed by atoms with Crippen molar-refractivity contribution in [1.29, 1.82) is 0 Å². The van der Waals surface area contributed by atoms with Crippen molar-refractivity contribution >= 4 is 23.7 Å². The minimum Gasteiger partial charge on any atom is -0.395 e. The Hall–Kier alpha value is -0.950. The minimum absolute atomic E-state index is 0.0124. The van der Waals surface area contributed by atoms with Gasteiger partial charge in [-0.1, -0.05) is 20.3 Å². The van der Waals surface area contributed by atoms with Gasteiger partial charge in [0.05, 0.1) is 6.61 Å². The number of nitrogens with one attached hydrogen (secondary N) is 2. The predicted molar refractivity (Wildman–Crippen MR) is 78.0 cm³/mol. The molecule has 0 aliphatic heterocycles. The molecule has 0 aliphatic carbocycles. The zero-order chi connectivity index (χ0) is 15.0. The van der Waals surface area contributed by atoms with Gasteiger partial charge in [0.25, 0.3) is 0 Å². The first-order valence-electron chi connectivity index (χ1n) is 6.37. The molecule has 0 aliphatic rings. The van der Waals surface area contributed by atoms with Gasteiger partial charge in [-0.05, 0) is 19.1 Å². The maximum Gasteiger partial charge on any atom is 0.312 e. The predicted octanol–water partition coefficient (Wildman–Crippen LogP) is 0.298. The molecule has 0 bridgehead atoms. The summed E-state index contributed by atoms with van der Waals surface area (Å²) < 4.78 is 0. The number of nitrogens with two attached hydrogens (primary N) is 1. The van der Waals surface area contributed by atoms with Crippen molar-refractivity contribution in [3.05, 3.63) is 0 Å². The summed E-state index contributed by atoms with van der Waals surface area (Å²) >= 11 is 1.48. The van der Waals surface area contributed by atoms with E-state index in [1.54, 1.807) is 0 Å². The molecule has 7 heteroatoms. The lowest BCUT2D eigenvalue weighted by atomic mass is 9.98. The van der Waals surface area contributed by atoms with Crippen molar-refractivity contribution in [3.8, 4) is 0 Å². The summed E-state index contributed by atoms with van der Waals surface area (Å²) in [6.07, 6.45) is 2.62. The van der Waals surface area contributed by atoms with Crippen molar-refractivity contribution in [2.45, 2.75) is 44.5 Å². The Bertz CT molecular complexity index is 298. The molecular weight excluding hydrogens is 266 g/mol. The Kier molecular flexibility index (Phi) is 8.58. The summed E-state index contributed by atoms with van der Waals surface area (Å²) in [6.45, 7) is 5.63. The Morgan fingerprint density at radius 1 is 1.32 bits per heavy atom. The number of hydrogen-bond donors (Lipinski definition) is 4. The summed E-state index contributed by atoms with van der Waals surface area (Å²) in [5, 5.41) is 14.4. The number of urea groups is 1. The number of aliphatic hydroxyl groups excluding tert-OH is 1. The van der Waals surface area contributed by atoms with E-state index in [-0.39, 0.29) is 29.7 Å². The Balaban J connectivity index is 4.67. The molecule has 0 aromatic rings. The van der Waals surface area contributed by atoms with Crippen LogP contribution in [0.3, 0.4) is 0 Å². The van der Waals surface area contributed by atoms with Crippen molar-refractivity contribution in [2.24, 2.45) is 11.7 Å². The standard InChI is InChI=1S/C12H25N3O3S/c1-5-7(2)10(15-12(13)18)11(17)14-8(3)9(6-16)19-4/h7-10,16H,5-6H2,1-4H3,(H,14,17)(H3,13,15,18). The number of amides is 3. The van der Waals surface area contributed by atoms with Crippen molar-refractivity contribution in [3.63, 3.8) is 0 Å². The second kappa shape index (κ2) is 9.03. The van der Waals surface area contributed by atoms with Gasteiger partial charge in [-0.2, -0.15) is 11.8 Å². The van der Waals surface area contributed by atoms with Crippen LogP contribution in [0.1, 0.15) is 27.2 Å². The summed E-state index contributed by atoms with van der Waals surface area (Å²) in [5.74, 6) is -0.283. The van der Waals surface area contributed by atoms with Crippen LogP contribution in [0.2, 0.25) is 0 Å². The number of rotatable bonds is 8. The number of carbonyl (C=O) groups is 2. The SMILES string of the molecule is CCC(C)C(NC(N)=O)C(=O)NC(C)C(CO)SC. The zero-order valence-electron chi connectivity index (χ0n) is 12.0. The van der Waals surface area contributed by atoms with Crippen LogP contribution < -0.4 is 16.4 Å². The Morgan fingerprint density at radius 3 is 2.26 bits per heavy atom. The number of carbonyl (C=O) groups excluding carboxylic acids is 2. The van der Waals surface area contributed by atoms with Gasteiger partial charge in [0.1, 0.15) is 6.04 Å². The molecule has 4 unspecified atom stereocenters. The fourth-order valence-corrected chi connectivity index (χ4v) is 2.32. The zero-order valence-corrected chi connectivity index (χ0v) is 12.8. The second-order valence-electron chi connectivity index (χ2n) is 4.63. The van der Waals surface area contributed by atoms with Gasteiger partial charge in [0.2, 0.25) is 5.91 Å². The summed E-state index contributed by atoms with van der Waals surface area (Å²) in [6, 6.07) is -1.54. The average Bonchev–Trinajstić information content (AvgIpc) is 2.36. The molecule has 0 rings (SSSR count). The smallest absolute Gasteiger partial charge is 0.312 e. The van der Waals surface area contributed by atoms with Crippen molar-refractivity contribution in [2.75, 3.05) is 12.9 Å². The lowest BCUT2D eigenvalue weighted by molar-refractivity contribution is -0.124. The lowest BCUT2D eigenvalue weighted by Gasteiger charge is -2.27. The van der Waals surface area contributed by atoms with Crippen LogP contribution >= 0.6 is 11.8 Å². The lowest BCUT2D eigenvalue weighted by Crippen LogP contribution is -2.55. The maximum absolute atomic E-state index is 12.2. The van der Waals surface area contributed by atoms with E-state index in [0.717, 1.165) is 6.42 Å². The minimum atomic E-state index is -0.711. The van der Waals surface area contributed by atoms with Crippen LogP contribution in [-0.4, -0.2) is 47.2 Å². The van der Waals surface area contributed by atoms with Gasteiger partial charge in [-0.3, -0.25) is 4.79 Å². The number of hydrogen-bond acceptors (Lipinski definition) is 4. The highest BCUT2D eigenvalue weighted by Gasteiger charge is 2.27. The molecule has 0 aromatic carbocycles. The van der Waals surface area contributed by atoms with E-state index in [1.807, 2.05) is 27.0 Å². The average molecular weight is 291 g/mol. The van der Waals surface area contributed by atoms with E-state index in [2.05, 4.69) is 10.6 Å². The quantitative estimate of drug-likeness (QED) is 0.516.